The van der Waals surface area contributed by atoms with Gasteiger partial charge >= 0.3 is 0 Å². The third-order valence-electron chi connectivity index (χ3n) is 4.29. The second-order valence-corrected chi connectivity index (χ2v) is 8.38. The summed E-state index contributed by atoms with van der Waals surface area (Å²) >= 11 is 0. The standard InChI is InChI=1S/C17H33NO2/c1-16(2,3)9-12-20-13-15(19)18-10-7-14(8-11-18)17(4,5)6/h14H,7-13H2,1-6H3. The lowest BCUT2D eigenvalue weighted by atomic mass is 9.75. The first-order valence-electron chi connectivity index (χ1n) is 7.95. The number of hydrogen-bond acceptors (Lipinski definition) is 2. The van der Waals surface area contributed by atoms with E-state index in [4.69, 9.17) is 4.74 Å². The van der Waals surface area contributed by atoms with Gasteiger partial charge in [-0.3, -0.25) is 4.79 Å². The number of rotatable bonds is 4. The summed E-state index contributed by atoms with van der Waals surface area (Å²) in [5.41, 5.74) is 0.631. The lowest BCUT2D eigenvalue weighted by Crippen LogP contribution is -2.43. The third-order valence-corrected chi connectivity index (χ3v) is 4.29. The Morgan fingerprint density at radius 3 is 2.10 bits per heavy atom. The Morgan fingerprint density at radius 1 is 1.10 bits per heavy atom. The van der Waals surface area contributed by atoms with Crippen molar-refractivity contribution in [2.45, 2.75) is 60.8 Å². The number of piperidine rings is 1. The molecule has 0 saturated carbocycles. The minimum Gasteiger partial charge on any atom is -0.372 e. The van der Waals surface area contributed by atoms with Gasteiger partial charge in [-0.25, -0.2) is 0 Å². The maximum absolute atomic E-state index is 12.1. The van der Waals surface area contributed by atoms with Crippen LogP contribution >= 0.6 is 0 Å². The molecular weight excluding hydrogens is 250 g/mol. The summed E-state index contributed by atoms with van der Waals surface area (Å²) in [6.07, 6.45) is 3.24. The minimum absolute atomic E-state index is 0.159. The zero-order valence-corrected chi connectivity index (χ0v) is 14.3. The van der Waals surface area contributed by atoms with Crippen LogP contribution in [0.15, 0.2) is 0 Å². The van der Waals surface area contributed by atoms with Crippen molar-refractivity contribution >= 4 is 5.91 Å². The molecule has 0 atom stereocenters. The molecule has 0 aromatic rings. The van der Waals surface area contributed by atoms with Crippen LogP contribution in [0.3, 0.4) is 0 Å². The topological polar surface area (TPSA) is 29.5 Å². The average Bonchev–Trinajstić information content (AvgIpc) is 2.32. The molecule has 3 heteroatoms. The van der Waals surface area contributed by atoms with E-state index in [2.05, 4.69) is 41.5 Å². The number of likely N-dealkylation sites (tertiary alicyclic amines) is 1. The zero-order valence-electron chi connectivity index (χ0n) is 14.3. The highest BCUT2D eigenvalue weighted by molar-refractivity contribution is 5.77. The van der Waals surface area contributed by atoms with Gasteiger partial charge in [0.2, 0.25) is 5.91 Å². The monoisotopic (exact) mass is 283 g/mol. The molecule has 0 aliphatic carbocycles. The number of hydrogen-bond donors (Lipinski definition) is 0. The van der Waals surface area contributed by atoms with Crippen molar-refractivity contribution in [2.75, 3.05) is 26.3 Å². The van der Waals surface area contributed by atoms with Crippen LogP contribution in [0.4, 0.5) is 0 Å². The molecule has 0 radical (unpaired) electrons. The third kappa shape index (κ3) is 6.25. The lowest BCUT2D eigenvalue weighted by molar-refractivity contribution is -0.138. The van der Waals surface area contributed by atoms with Crippen molar-refractivity contribution in [3.63, 3.8) is 0 Å². The summed E-state index contributed by atoms with van der Waals surface area (Å²) in [5.74, 6) is 0.889. The number of amides is 1. The minimum atomic E-state index is 0.159. The van der Waals surface area contributed by atoms with Gasteiger partial charge in [-0.1, -0.05) is 41.5 Å². The van der Waals surface area contributed by atoms with E-state index in [-0.39, 0.29) is 17.9 Å². The Kier molecular flexibility index (Phi) is 6.06. The summed E-state index contributed by atoms with van der Waals surface area (Å²) in [5, 5.41) is 0. The molecule has 1 aliphatic rings. The van der Waals surface area contributed by atoms with Gasteiger partial charge in [0.15, 0.2) is 0 Å². The van der Waals surface area contributed by atoms with Crippen molar-refractivity contribution in [1.82, 2.24) is 4.90 Å². The molecule has 0 aromatic carbocycles. The first-order valence-corrected chi connectivity index (χ1v) is 7.95. The Labute approximate surface area is 125 Å². The SMILES string of the molecule is CC(C)(C)CCOCC(=O)N1CCC(C(C)(C)C)CC1. The van der Waals surface area contributed by atoms with Crippen LogP contribution in [0.25, 0.3) is 0 Å². The quantitative estimate of drug-likeness (QED) is 0.736. The summed E-state index contributed by atoms with van der Waals surface area (Å²) in [7, 11) is 0. The van der Waals surface area contributed by atoms with E-state index in [0.29, 0.717) is 12.0 Å². The maximum atomic E-state index is 12.1. The van der Waals surface area contributed by atoms with E-state index in [1.807, 2.05) is 4.90 Å². The number of carbonyl (C=O) groups is 1. The van der Waals surface area contributed by atoms with Gasteiger partial charge in [0.25, 0.3) is 0 Å². The summed E-state index contributed by atoms with van der Waals surface area (Å²) in [4.78, 5) is 14.1. The van der Waals surface area contributed by atoms with Crippen LogP contribution in [0.5, 0.6) is 0 Å². The van der Waals surface area contributed by atoms with Crippen molar-refractivity contribution < 1.29 is 9.53 Å². The van der Waals surface area contributed by atoms with Crippen LogP contribution in [0, 0.1) is 16.7 Å². The van der Waals surface area contributed by atoms with Gasteiger partial charge in [-0.05, 0) is 36.0 Å². The number of carbonyl (C=O) groups excluding carboxylic acids is 1. The molecule has 20 heavy (non-hydrogen) atoms. The van der Waals surface area contributed by atoms with Gasteiger partial charge in [-0.15, -0.1) is 0 Å². The molecule has 0 spiro atoms. The molecule has 1 amide bonds. The van der Waals surface area contributed by atoms with Crippen molar-refractivity contribution in [3.05, 3.63) is 0 Å². The van der Waals surface area contributed by atoms with Crippen molar-refractivity contribution in [3.8, 4) is 0 Å². The molecule has 1 heterocycles. The highest BCUT2D eigenvalue weighted by atomic mass is 16.5. The zero-order chi connectivity index (χ0) is 15.4. The Morgan fingerprint density at radius 2 is 1.65 bits per heavy atom. The van der Waals surface area contributed by atoms with E-state index < -0.39 is 0 Å². The molecule has 1 fully saturated rings. The van der Waals surface area contributed by atoms with Crippen LogP contribution in [0.1, 0.15) is 60.8 Å². The maximum Gasteiger partial charge on any atom is 0.248 e. The fourth-order valence-electron chi connectivity index (χ4n) is 2.62. The second-order valence-electron chi connectivity index (χ2n) is 8.38. The first-order chi connectivity index (χ1) is 9.09. The van der Waals surface area contributed by atoms with Crippen molar-refractivity contribution in [1.29, 1.82) is 0 Å². The van der Waals surface area contributed by atoms with Crippen molar-refractivity contribution in [2.24, 2.45) is 16.7 Å². The van der Waals surface area contributed by atoms with E-state index >= 15 is 0 Å². The predicted molar refractivity (Wildman–Crippen MR) is 83.7 cm³/mol. The molecule has 0 N–H and O–H groups in total. The summed E-state index contributed by atoms with van der Waals surface area (Å²) < 4.78 is 5.53. The normalized spacial score (nSPS) is 18.4. The summed E-state index contributed by atoms with van der Waals surface area (Å²) in [6, 6.07) is 0. The molecule has 1 rings (SSSR count). The fourth-order valence-corrected chi connectivity index (χ4v) is 2.62. The van der Waals surface area contributed by atoms with Gasteiger partial charge in [0.1, 0.15) is 6.61 Å². The Bertz CT molecular complexity index is 304. The Balaban J connectivity index is 2.23. The first kappa shape index (κ1) is 17.5. The molecule has 0 unspecified atom stereocenters. The molecule has 1 aliphatic heterocycles. The van der Waals surface area contributed by atoms with Gasteiger partial charge < -0.3 is 9.64 Å². The molecular formula is C17H33NO2. The lowest BCUT2D eigenvalue weighted by Gasteiger charge is -2.38. The largest absolute Gasteiger partial charge is 0.372 e. The molecule has 118 valence electrons. The fraction of sp³-hybridized carbons (Fsp3) is 0.941. The average molecular weight is 283 g/mol. The number of ether oxygens (including phenoxy) is 1. The van der Waals surface area contributed by atoms with Crippen LogP contribution in [0.2, 0.25) is 0 Å². The predicted octanol–water partition coefficient (Wildman–Crippen LogP) is 3.72. The Hall–Kier alpha value is -0.570. The van der Waals surface area contributed by atoms with Gasteiger partial charge in [0, 0.05) is 19.7 Å². The summed E-state index contributed by atoms with van der Waals surface area (Å²) in [6.45, 7) is 16.2. The highest BCUT2D eigenvalue weighted by Crippen LogP contribution is 2.34. The van der Waals surface area contributed by atoms with E-state index in [0.717, 1.165) is 38.3 Å². The van der Waals surface area contributed by atoms with Crippen LogP contribution in [-0.2, 0) is 9.53 Å². The van der Waals surface area contributed by atoms with Crippen LogP contribution in [-0.4, -0.2) is 37.1 Å². The number of nitrogens with zero attached hydrogens (tertiary/aromatic N) is 1. The van der Waals surface area contributed by atoms with Gasteiger partial charge in [-0.2, -0.15) is 0 Å². The van der Waals surface area contributed by atoms with E-state index in [1.54, 1.807) is 0 Å². The molecule has 1 saturated heterocycles. The van der Waals surface area contributed by atoms with E-state index in [1.165, 1.54) is 0 Å². The molecule has 3 nitrogen and oxygen atoms in total. The van der Waals surface area contributed by atoms with Gasteiger partial charge in [0.05, 0.1) is 0 Å². The highest BCUT2D eigenvalue weighted by Gasteiger charge is 2.30. The molecule has 0 bridgehead atoms. The van der Waals surface area contributed by atoms with Crippen LogP contribution < -0.4 is 0 Å². The smallest absolute Gasteiger partial charge is 0.248 e. The molecule has 0 aromatic heterocycles. The second kappa shape index (κ2) is 6.93. The van der Waals surface area contributed by atoms with E-state index in [9.17, 15) is 4.79 Å².